The molecule has 2 heterocycles. The number of aromatic nitrogens is 3. The maximum absolute atomic E-state index is 12.6. The SMILES string of the molecule is Cc1ccccc1-c1noc(COC(=O)c2ccccc2SCc2cscn2)n1. The minimum Gasteiger partial charge on any atom is -0.452 e. The summed E-state index contributed by atoms with van der Waals surface area (Å²) in [5.41, 5.74) is 5.22. The lowest BCUT2D eigenvalue weighted by Crippen LogP contribution is -2.07. The van der Waals surface area contributed by atoms with E-state index in [-0.39, 0.29) is 12.5 Å². The number of hydrogen-bond donors (Lipinski definition) is 0. The summed E-state index contributed by atoms with van der Waals surface area (Å²) in [5, 5.41) is 5.98. The van der Waals surface area contributed by atoms with Gasteiger partial charge in [-0.25, -0.2) is 9.78 Å². The Morgan fingerprint density at radius 1 is 1.17 bits per heavy atom. The van der Waals surface area contributed by atoms with Gasteiger partial charge in [0.15, 0.2) is 6.61 Å². The molecule has 0 aliphatic heterocycles. The summed E-state index contributed by atoms with van der Waals surface area (Å²) >= 11 is 3.10. The maximum Gasteiger partial charge on any atom is 0.339 e. The number of benzene rings is 2. The molecule has 0 aliphatic carbocycles. The Hall–Kier alpha value is -2.97. The Kier molecular flexibility index (Phi) is 6.02. The highest BCUT2D eigenvalue weighted by Gasteiger charge is 2.16. The molecule has 0 atom stereocenters. The van der Waals surface area contributed by atoms with Gasteiger partial charge >= 0.3 is 5.97 Å². The van der Waals surface area contributed by atoms with Gasteiger partial charge in [0.2, 0.25) is 5.82 Å². The molecule has 0 radical (unpaired) electrons. The number of hydrogen-bond acceptors (Lipinski definition) is 8. The average molecular weight is 424 g/mol. The number of aryl methyl sites for hydroxylation is 1. The monoisotopic (exact) mass is 423 g/mol. The molecule has 4 aromatic rings. The average Bonchev–Trinajstić information content (AvgIpc) is 3.43. The van der Waals surface area contributed by atoms with Crippen LogP contribution in [0.2, 0.25) is 0 Å². The third-order valence-electron chi connectivity index (χ3n) is 4.15. The predicted octanol–water partition coefficient (Wildman–Crippen LogP) is 5.15. The molecule has 0 saturated heterocycles. The van der Waals surface area contributed by atoms with Crippen LogP contribution in [-0.2, 0) is 17.1 Å². The number of ether oxygens (including phenoxy) is 1. The molecule has 0 bridgehead atoms. The number of rotatable bonds is 7. The minimum absolute atomic E-state index is 0.0806. The molecular formula is C21H17N3O3S2. The number of carbonyl (C=O) groups excluding carboxylic acids is 1. The predicted molar refractivity (Wildman–Crippen MR) is 112 cm³/mol. The smallest absolute Gasteiger partial charge is 0.339 e. The van der Waals surface area contributed by atoms with Crippen LogP contribution in [0.25, 0.3) is 11.4 Å². The van der Waals surface area contributed by atoms with Crippen LogP contribution in [0.4, 0.5) is 0 Å². The second-order valence-electron chi connectivity index (χ2n) is 6.17. The zero-order valence-corrected chi connectivity index (χ0v) is 17.2. The Bertz CT molecular complexity index is 1110. The van der Waals surface area contributed by atoms with Gasteiger partial charge < -0.3 is 9.26 Å². The van der Waals surface area contributed by atoms with Crippen molar-refractivity contribution in [1.82, 2.24) is 15.1 Å². The molecule has 0 unspecified atom stereocenters. The number of nitrogens with zero attached hydrogens (tertiary/aromatic N) is 3. The zero-order chi connectivity index (χ0) is 20.1. The molecular weight excluding hydrogens is 406 g/mol. The van der Waals surface area contributed by atoms with E-state index in [0.29, 0.717) is 17.1 Å². The third kappa shape index (κ3) is 4.72. The molecule has 0 saturated carbocycles. The van der Waals surface area contributed by atoms with E-state index in [9.17, 15) is 4.79 Å². The van der Waals surface area contributed by atoms with Gasteiger partial charge in [0, 0.05) is 21.6 Å². The molecule has 146 valence electrons. The van der Waals surface area contributed by atoms with Gasteiger partial charge in [0.05, 0.1) is 16.8 Å². The van der Waals surface area contributed by atoms with Gasteiger partial charge in [-0.15, -0.1) is 23.1 Å². The first-order valence-corrected chi connectivity index (χ1v) is 10.8. The molecule has 0 N–H and O–H groups in total. The van der Waals surface area contributed by atoms with E-state index in [0.717, 1.165) is 21.7 Å². The van der Waals surface area contributed by atoms with Crippen LogP contribution in [0.5, 0.6) is 0 Å². The van der Waals surface area contributed by atoms with Gasteiger partial charge in [-0.1, -0.05) is 41.6 Å². The van der Waals surface area contributed by atoms with Gasteiger partial charge in [-0.2, -0.15) is 4.98 Å². The normalized spacial score (nSPS) is 10.8. The zero-order valence-electron chi connectivity index (χ0n) is 15.6. The fourth-order valence-electron chi connectivity index (χ4n) is 2.67. The van der Waals surface area contributed by atoms with Crippen LogP contribution in [0.15, 0.2) is 68.8 Å². The molecule has 8 heteroatoms. The van der Waals surface area contributed by atoms with Crippen LogP contribution in [-0.4, -0.2) is 21.1 Å². The van der Waals surface area contributed by atoms with E-state index in [1.165, 1.54) is 0 Å². The number of thioether (sulfide) groups is 1. The summed E-state index contributed by atoms with van der Waals surface area (Å²) in [6.45, 7) is 1.90. The van der Waals surface area contributed by atoms with Gasteiger partial charge in [0.25, 0.3) is 5.89 Å². The first kappa shape index (κ1) is 19.4. The second kappa shape index (κ2) is 9.02. The van der Waals surface area contributed by atoms with Crippen molar-refractivity contribution >= 4 is 29.1 Å². The molecule has 0 aliphatic rings. The maximum atomic E-state index is 12.6. The van der Waals surface area contributed by atoms with Crippen LogP contribution in [0.3, 0.4) is 0 Å². The first-order valence-electron chi connectivity index (χ1n) is 8.85. The molecule has 0 fully saturated rings. The van der Waals surface area contributed by atoms with Crippen LogP contribution >= 0.6 is 23.1 Å². The Morgan fingerprint density at radius 3 is 2.83 bits per heavy atom. The highest BCUT2D eigenvalue weighted by atomic mass is 32.2. The van der Waals surface area contributed by atoms with E-state index in [2.05, 4.69) is 15.1 Å². The van der Waals surface area contributed by atoms with E-state index in [1.807, 2.05) is 54.8 Å². The van der Waals surface area contributed by atoms with Gasteiger partial charge in [0.1, 0.15) is 0 Å². The van der Waals surface area contributed by atoms with Crippen molar-refractivity contribution < 1.29 is 14.1 Å². The van der Waals surface area contributed by atoms with E-state index >= 15 is 0 Å². The van der Waals surface area contributed by atoms with Crippen molar-refractivity contribution in [2.24, 2.45) is 0 Å². The van der Waals surface area contributed by atoms with Crippen LogP contribution in [0, 0.1) is 6.92 Å². The van der Waals surface area contributed by atoms with Crippen molar-refractivity contribution in [3.05, 3.63) is 82.1 Å². The van der Waals surface area contributed by atoms with Crippen molar-refractivity contribution in [3.63, 3.8) is 0 Å². The summed E-state index contributed by atoms with van der Waals surface area (Å²) in [5.74, 6) is 0.997. The fraction of sp³-hybridized carbons (Fsp3) is 0.143. The molecule has 2 aromatic carbocycles. The Balaban J connectivity index is 1.41. The highest BCUT2D eigenvalue weighted by Crippen LogP contribution is 2.27. The molecule has 4 rings (SSSR count). The number of esters is 1. The summed E-state index contributed by atoms with van der Waals surface area (Å²) < 4.78 is 10.6. The fourth-order valence-corrected chi connectivity index (χ4v) is 4.28. The number of thiazole rings is 1. The standard InChI is InChI=1S/C21H17N3O3S2/c1-14-6-2-3-7-16(14)20-23-19(27-24-20)10-26-21(25)17-8-4-5-9-18(17)29-12-15-11-28-13-22-15/h2-9,11,13H,10,12H2,1H3. The third-order valence-corrected chi connectivity index (χ3v) is 5.89. The van der Waals surface area contributed by atoms with Gasteiger partial charge in [-0.05, 0) is 24.6 Å². The largest absolute Gasteiger partial charge is 0.452 e. The minimum atomic E-state index is -0.429. The number of carbonyl (C=O) groups is 1. The molecule has 6 nitrogen and oxygen atoms in total. The lowest BCUT2D eigenvalue weighted by Gasteiger charge is -2.07. The molecule has 29 heavy (non-hydrogen) atoms. The highest BCUT2D eigenvalue weighted by molar-refractivity contribution is 7.98. The Morgan fingerprint density at radius 2 is 2.00 bits per heavy atom. The van der Waals surface area contributed by atoms with Crippen molar-refractivity contribution in [2.75, 3.05) is 0 Å². The topological polar surface area (TPSA) is 78.1 Å². The van der Waals surface area contributed by atoms with E-state index < -0.39 is 5.97 Å². The van der Waals surface area contributed by atoms with Crippen molar-refractivity contribution in [2.45, 2.75) is 24.2 Å². The summed E-state index contributed by atoms with van der Waals surface area (Å²) in [6, 6.07) is 15.1. The summed E-state index contributed by atoms with van der Waals surface area (Å²) in [4.78, 5) is 22.0. The van der Waals surface area contributed by atoms with Crippen molar-refractivity contribution in [1.29, 1.82) is 0 Å². The van der Waals surface area contributed by atoms with Crippen LogP contribution in [0.1, 0.15) is 27.5 Å². The Labute approximate surface area is 176 Å². The first-order chi connectivity index (χ1) is 14.2. The second-order valence-corrected chi connectivity index (χ2v) is 7.90. The van der Waals surface area contributed by atoms with Gasteiger partial charge in [-0.3, -0.25) is 0 Å². The lowest BCUT2D eigenvalue weighted by atomic mass is 10.1. The van der Waals surface area contributed by atoms with Crippen molar-refractivity contribution in [3.8, 4) is 11.4 Å². The van der Waals surface area contributed by atoms with E-state index in [1.54, 1.807) is 34.7 Å². The van der Waals surface area contributed by atoms with Crippen LogP contribution < -0.4 is 0 Å². The molecule has 0 spiro atoms. The summed E-state index contributed by atoms with van der Waals surface area (Å²) in [6.07, 6.45) is 0. The summed E-state index contributed by atoms with van der Waals surface area (Å²) in [7, 11) is 0. The molecule has 2 aromatic heterocycles. The molecule has 0 amide bonds. The van der Waals surface area contributed by atoms with E-state index in [4.69, 9.17) is 9.26 Å². The quantitative estimate of drug-likeness (QED) is 0.300. The lowest BCUT2D eigenvalue weighted by molar-refractivity contribution is 0.0425.